The maximum absolute atomic E-state index is 6.14. The fraction of sp³-hybridized carbons (Fsp3) is 0.429. The molecule has 0 atom stereocenters. The second-order valence-corrected chi connectivity index (χ2v) is 6.59. The van der Waals surface area contributed by atoms with E-state index in [4.69, 9.17) is 9.47 Å². The Bertz CT molecular complexity index is 651. The van der Waals surface area contributed by atoms with Crippen LogP contribution in [0.1, 0.15) is 42.4 Å². The van der Waals surface area contributed by atoms with Crippen LogP contribution in [-0.4, -0.2) is 13.2 Å². The summed E-state index contributed by atoms with van der Waals surface area (Å²) < 4.78 is 11.6. The lowest BCUT2D eigenvalue weighted by molar-refractivity contribution is 0.280. The molecule has 0 aliphatic heterocycles. The molecule has 1 aliphatic rings. The molecule has 0 heterocycles. The van der Waals surface area contributed by atoms with Crippen molar-refractivity contribution in [3.05, 3.63) is 59.2 Å². The van der Waals surface area contributed by atoms with E-state index in [-0.39, 0.29) is 12.4 Å². The summed E-state index contributed by atoms with van der Waals surface area (Å²) >= 11 is 0. The zero-order valence-corrected chi connectivity index (χ0v) is 15.9. The van der Waals surface area contributed by atoms with Crippen molar-refractivity contribution in [2.75, 3.05) is 7.11 Å². The lowest BCUT2D eigenvalue weighted by Gasteiger charge is -2.17. The quantitative estimate of drug-likeness (QED) is 0.749. The maximum atomic E-state index is 6.14. The van der Waals surface area contributed by atoms with Crippen molar-refractivity contribution >= 4 is 12.4 Å². The van der Waals surface area contributed by atoms with Crippen LogP contribution in [0.15, 0.2) is 42.5 Å². The van der Waals surface area contributed by atoms with Crippen LogP contribution >= 0.6 is 12.4 Å². The van der Waals surface area contributed by atoms with Crippen molar-refractivity contribution in [1.82, 2.24) is 5.32 Å². The summed E-state index contributed by atoms with van der Waals surface area (Å²) in [5.41, 5.74) is 3.59. The van der Waals surface area contributed by atoms with Crippen molar-refractivity contribution in [3.63, 3.8) is 0 Å². The molecule has 136 valence electrons. The van der Waals surface area contributed by atoms with Gasteiger partial charge in [0, 0.05) is 18.2 Å². The monoisotopic (exact) mass is 361 g/mol. The van der Waals surface area contributed by atoms with E-state index in [1.807, 2.05) is 12.1 Å². The molecular formula is C21H28ClNO2. The molecule has 0 aromatic heterocycles. The van der Waals surface area contributed by atoms with Gasteiger partial charge in [0.15, 0.2) is 11.5 Å². The summed E-state index contributed by atoms with van der Waals surface area (Å²) in [6, 6.07) is 15.2. The predicted molar refractivity (Wildman–Crippen MR) is 105 cm³/mol. The first kappa shape index (κ1) is 19.6. The van der Waals surface area contributed by atoms with Crippen molar-refractivity contribution in [1.29, 1.82) is 0 Å². The topological polar surface area (TPSA) is 30.5 Å². The van der Waals surface area contributed by atoms with Gasteiger partial charge in [-0.05, 0) is 31.4 Å². The number of nitrogens with one attached hydrogen (secondary N) is 1. The Morgan fingerprint density at radius 2 is 1.76 bits per heavy atom. The van der Waals surface area contributed by atoms with E-state index in [0.29, 0.717) is 12.6 Å². The van der Waals surface area contributed by atoms with Gasteiger partial charge >= 0.3 is 0 Å². The minimum atomic E-state index is 0. The van der Waals surface area contributed by atoms with Crippen LogP contribution in [0.25, 0.3) is 0 Å². The third-order valence-electron chi connectivity index (χ3n) is 4.72. The Hall–Kier alpha value is -1.71. The Morgan fingerprint density at radius 3 is 2.44 bits per heavy atom. The van der Waals surface area contributed by atoms with Crippen molar-refractivity contribution < 1.29 is 9.47 Å². The van der Waals surface area contributed by atoms with Gasteiger partial charge in [-0.3, -0.25) is 0 Å². The van der Waals surface area contributed by atoms with Gasteiger partial charge in [0.1, 0.15) is 6.61 Å². The van der Waals surface area contributed by atoms with E-state index in [1.54, 1.807) is 7.11 Å². The van der Waals surface area contributed by atoms with E-state index in [2.05, 4.69) is 42.6 Å². The third kappa shape index (κ3) is 5.38. The zero-order chi connectivity index (χ0) is 16.8. The zero-order valence-electron chi connectivity index (χ0n) is 15.1. The lowest BCUT2D eigenvalue weighted by atomic mass is 10.1. The minimum absolute atomic E-state index is 0. The first-order valence-corrected chi connectivity index (χ1v) is 8.84. The molecule has 0 saturated heterocycles. The third-order valence-corrected chi connectivity index (χ3v) is 4.72. The Kier molecular flexibility index (Phi) is 7.60. The molecule has 1 fully saturated rings. The first-order chi connectivity index (χ1) is 11.8. The SMILES string of the molecule is COc1cccc(CNC2CCCC2)c1OCc1ccc(C)cc1.Cl. The summed E-state index contributed by atoms with van der Waals surface area (Å²) in [5, 5.41) is 3.66. The molecule has 0 amide bonds. The molecule has 0 radical (unpaired) electrons. The molecule has 2 aromatic carbocycles. The van der Waals surface area contributed by atoms with Crippen molar-refractivity contribution in [2.24, 2.45) is 0 Å². The van der Waals surface area contributed by atoms with E-state index in [0.717, 1.165) is 23.6 Å². The fourth-order valence-electron chi connectivity index (χ4n) is 3.25. The van der Waals surface area contributed by atoms with Gasteiger partial charge in [-0.25, -0.2) is 0 Å². The van der Waals surface area contributed by atoms with E-state index in [9.17, 15) is 0 Å². The van der Waals surface area contributed by atoms with Gasteiger partial charge in [-0.2, -0.15) is 0 Å². The van der Waals surface area contributed by atoms with Gasteiger partial charge < -0.3 is 14.8 Å². The molecule has 2 aromatic rings. The second kappa shape index (κ2) is 9.69. The standard InChI is InChI=1S/C21H27NO2.ClH/c1-16-10-12-17(13-11-16)15-24-21-18(6-5-9-20(21)23-2)14-22-19-7-3-4-8-19;/h5-6,9-13,19,22H,3-4,7-8,14-15H2,1-2H3;1H. The van der Waals surface area contributed by atoms with Crippen molar-refractivity contribution in [2.45, 2.75) is 51.8 Å². The van der Waals surface area contributed by atoms with Gasteiger partial charge in [-0.15, -0.1) is 12.4 Å². The Balaban J connectivity index is 0.00000225. The minimum Gasteiger partial charge on any atom is -0.493 e. The van der Waals surface area contributed by atoms with Gasteiger partial charge in [0.05, 0.1) is 7.11 Å². The van der Waals surface area contributed by atoms with E-state index in [1.165, 1.54) is 36.8 Å². The lowest BCUT2D eigenvalue weighted by Crippen LogP contribution is -2.25. The Labute approximate surface area is 157 Å². The molecule has 0 bridgehead atoms. The number of ether oxygens (including phenoxy) is 2. The number of benzene rings is 2. The van der Waals surface area contributed by atoms with Crippen molar-refractivity contribution in [3.8, 4) is 11.5 Å². The van der Waals surface area contributed by atoms with Gasteiger partial charge in [0.2, 0.25) is 0 Å². The largest absolute Gasteiger partial charge is 0.493 e. The summed E-state index contributed by atoms with van der Waals surface area (Å²) in [6.45, 7) is 3.47. The molecule has 4 heteroatoms. The first-order valence-electron chi connectivity index (χ1n) is 8.84. The molecule has 0 spiro atoms. The summed E-state index contributed by atoms with van der Waals surface area (Å²) in [5.74, 6) is 1.65. The smallest absolute Gasteiger partial charge is 0.166 e. The number of aryl methyl sites for hydroxylation is 1. The van der Waals surface area contributed by atoms with Crippen LogP contribution in [0.4, 0.5) is 0 Å². The highest BCUT2D eigenvalue weighted by molar-refractivity contribution is 5.85. The van der Waals surface area contributed by atoms with Crippen LogP contribution in [0.3, 0.4) is 0 Å². The number of hydrogen-bond donors (Lipinski definition) is 1. The molecule has 3 nitrogen and oxygen atoms in total. The highest BCUT2D eigenvalue weighted by atomic mass is 35.5. The van der Waals surface area contributed by atoms with E-state index >= 15 is 0 Å². The van der Waals surface area contributed by atoms with Crippen LogP contribution < -0.4 is 14.8 Å². The molecular weight excluding hydrogens is 334 g/mol. The number of halogens is 1. The number of methoxy groups -OCH3 is 1. The highest BCUT2D eigenvalue weighted by Crippen LogP contribution is 2.32. The fourth-order valence-corrected chi connectivity index (χ4v) is 3.25. The summed E-state index contributed by atoms with van der Waals surface area (Å²) in [6.07, 6.45) is 5.24. The Morgan fingerprint density at radius 1 is 1.04 bits per heavy atom. The van der Waals surface area contributed by atoms with Gasteiger partial charge in [-0.1, -0.05) is 54.8 Å². The number of rotatable bonds is 7. The molecule has 25 heavy (non-hydrogen) atoms. The predicted octanol–water partition coefficient (Wildman–Crippen LogP) is 5.04. The molecule has 1 N–H and O–H groups in total. The maximum Gasteiger partial charge on any atom is 0.166 e. The van der Waals surface area contributed by atoms with Crippen LogP contribution in [0.5, 0.6) is 11.5 Å². The number of para-hydroxylation sites is 1. The highest BCUT2D eigenvalue weighted by Gasteiger charge is 2.16. The molecule has 1 aliphatic carbocycles. The van der Waals surface area contributed by atoms with Crippen LogP contribution in [-0.2, 0) is 13.2 Å². The van der Waals surface area contributed by atoms with Gasteiger partial charge in [0.25, 0.3) is 0 Å². The summed E-state index contributed by atoms with van der Waals surface area (Å²) in [4.78, 5) is 0. The molecule has 1 saturated carbocycles. The molecule has 3 rings (SSSR count). The second-order valence-electron chi connectivity index (χ2n) is 6.59. The van der Waals surface area contributed by atoms with Crippen LogP contribution in [0, 0.1) is 6.92 Å². The van der Waals surface area contributed by atoms with Crippen LogP contribution in [0.2, 0.25) is 0 Å². The van der Waals surface area contributed by atoms with E-state index < -0.39 is 0 Å². The average molecular weight is 362 g/mol. The number of hydrogen-bond acceptors (Lipinski definition) is 3. The average Bonchev–Trinajstić information content (AvgIpc) is 3.13. The summed E-state index contributed by atoms with van der Waals surface area (Å²) in [7, 11) is 1.70. The normalized spacial score (nSPS) is 14.2. The molecule has 0 unspecified atom stereocenters.